The average molecular weight is 312 g/mol. The SMILES string of the molecule is C[C@@H](O)C1=CC(c2ccccc2)(c2ccccc2)c2ccccc21. The second-order valence-corrected chi connectivity index (χ2v) is 6.36. The molecule has 1 heteroatoms. The largest absolute Gasteiger partial charge is 0.389 e. The van der Waals surface area contributed by atoms with Gasteiger partial charge in [-0.1, -0.05) is 91.0 Å². The predicted octanol–water partition coefficient (Wildman–Crippen LogP) is 4.80. The van der Waals surface area contributed by atoms with Crippen LogP contribution in [0.1, 0.15) is 29.2 Å². The third kappa shape index (κ3) is 2.13. The second kappa shape index (κ2) is 5.77. The van der Waals surface area contributed by atoms with Crippen LogP contribution in [0.3, 0.4) is 0 Å². The molecule has 1 nitrogen and oxygen atoms in total. The van der Waals surface area contributed by atoms with Crippen molar-refractivity contribution < 1.29 is 5.11 Å². The summed E-state index contributed by atoms with van der Waals surface area (Å²) in [5.41, 5.74) is 5.46. The lowest BCUT2D eigenvalue weighted by Crippen LogP contribution is -2.25. The molecule has 1 aliphatic rings. The molecule has 0 aliphatic heterocycles. The Bertz CT molecular complexity index is 837. The van der Waals surface area contributed by atoms with E-state index in [0.717, 1.165) is 11.1 Å². The Kier molecular flexibility index (Phi) is 3.59. The Balaban J connectivity index is 2.09. The fraction of sp³-hybridized carbons (Fsp3) is 0.130. The van der Waals surface area contributed by atoms with E-state index in [2.05, 4.69) is 72.8 Å². The normalized spacial score (nSPS) is 16.3. The highest BCUT2D eigenvalue weighted by Crippen LogP contribution is 2.50. The van der Waals surface area contributed by atoms with E-state index in [1.54, 1.807) is 0 Å². The lowest BCUT2D eigenvalue weighted by Gasteiger charge is -2.30. The van der Waals surface area contributed by atoms with Crippen molar-refractivity contribution in [3.8, 4) is 0 Å². The topological polar surface area (TPSA) is 20.2 Å². The minimum absolute atomic E-state index is 0.356. The van der Waals surface area contributed by atoms with Gasteiger partial charge in [-0.2, -0.15) is 0 Å². The van der Waals surface area contributed by atoms with Crippen molar-refractivity contribution in [3.05, 3.63) is 113 Å². The maximum absolute atomic E-state index is 10.4. The molecule has 0 radical (unpaired) electrons. The van der Waals surface area contributed by atoms with Gasteiger partial charge in [-0.25, -0.2) is 0 Å². The number of hydrogen-bond donors (Lipinski definition) is 1. The quantitative estimate of drug-likeness (QED) is 0.736. The molecule has 3 aromatic rings. The van der Waals surface area contributed by atoms with Gasteiger partial charge in [0.05, 0.1) is 11.5 Å². The first-order valence-electron chi connectivity index (χ1n) is 8.35. The number of rotatable bonds is 3. The van der Waals surface area contributed by atoms with Crippen LogP contribution >= 0.6 is 0 Å². The third-order valence-electron chi connectivity index (χ3n) is 4.94. The summed E-state index contributed by atoms with van der Waals surface area (Å²) in [6, 6.07) is 29.5. The predicted molar refractivity (Wildman–Crippen MR) is 98.9 cm³/mol. The standard InChI is InChI=1S/C23H20O/c1-17(24)21-16-23(18-10-4-2-5-11-18,19-12-6-3-7-13-19)22-15-9-8-14-20(21)22/h2-17,24H,1H3/t17-/m1/s1. The van der Waals surface area contributed by atoms with Crippen LogP contribution in [0.4, 0.5) is 0 Å². The maximum atomic E-state index is 10.4. The van der Waals surface area contributed by atoms with Gasteiger partial charge in [0, 0.05) is 0 Å². The van der Waals surface area contributed by atoms with Crippen LogP contribution in [0.2, 0.25) is 0 Å². The first-order chi connectivity index (χ1) is 11.7. The second-order valence-electron chi connectivity index (χ2n) is 6.36. The fourth-order valence-corrected chi connectivity index (χ4v) is 3.86. The zero-order valence-electron chi connectivity index (χ0n) is 13.7. The minimum Gasteiger partial charge on any atom is -0.389 e. The van der Waals surface area contributed by atoms with Gasteiger partial charge in [0.1, 0.15) is 0 Å². The third-order valence-corrected chi connectivity index (χ3v) is 4.94. The molecule has 0 amide bonds. The molecule has 0 bridgehead atoms. The van der Waals surface area contributed by atoms with Crippen LogP contribution in [0.25, 0.3) is 5.57 Å². The maximum Gasteiger partial charge on any atom is 0.0765 e. The van der Waals surface area contributed by atoms with Crippen molar-refractivity contribution in [1.29, 1.82) is 0 Å². The lowest BCUT2D eigenvalue weighted by atomic mass is 9.71. The summed E-state index contributed by atoms with van der Waals surface area (Å²) in [7, 11) is 0. The number of allylic oxidation sites excluding steroid dienone is 1. The van der Waals surface area contributed by atoms with Crippen molar-refractivity contribution in [3.63, 3.8) is 0 Å². The highest BCUT2D eigenvalue weighted by molar-refractivity contribution is 5.83. The van der Waals surface area contributed by atoms with Gasteiger partial charge < -0.3 is 5.11 Å². The van der Waals surface area contributed by atoms with Crippen LogP contribution < -0.4 is 0 Å². The smallest absolute Gasteiger partial charge is 0.0765 e. The molecule has 24 heavy (non-hydrogen) atoms. The van der Waals surface area contributed by atoms with Crippen LogP contribution in [-0.4, -0.2) is 11.2 Å². The lowest BCUT2D eigenvalue weighted by molar-refractivity contribution is 0.253. The van der Waals surface area contributed by atoms with Crippen LogP contribution in [0, 0.1) is 0 Å². The van der Waals surface area contributed by atoms with Crippen molar-refractivity contribution in [2.24, 2.45) is 0 Å². The summed E-state index contributed by atoms with van der Waals surface area (Å²) < 4.78 is 0. The van der Waals surface area contributed by atoms with Crippen molar-refractivity contribution in [2.75, 3.05) is 0 Å². The summed E-state index contributed by atoms with van der Waals surface area (Å²) >= 11 is 0. The summed E-state index contributed by atoms with van der Waals surface area (Å²) in [6.07, 6.45) is 1.74. The minimum atomic E-state index is -0.500. The monoisotopic (exact) mass is 312 g/mol. The highest BCUT2D eigenvalue weighted by Gasteiger charge is 2.41. The van der Waals surface area contributed by atoms with E-state index in [0.29, 0.717) is 0 Å². The van der Waals surface area contributed by atoms with Crippen LogP contribution in [0.15, 0.2) is 91.0 Å². The molecule has 0 unspecified atom stereocenters. The van der Waals surface area contributed by atoms with Gasteiger partial charge in [0.15, 0.2) is 0 Å². The molecule has 0 fully saturated rings. The zero-order valence-corrected chi connectivity index (χ0v) is 13.7. The summed E-state index contributed by atoms with van der Waals surface area (Å²) in [6.45, 7) is 1.84. The van der Waals surface area contributed by atoms with E-state index in [9.17, 15) is 5.11 Å². The van der Waals surface area contributed by atoms with Crippen molar-refractivity contribution in [1.82, 2.24) is 0 Å². The van der Waals surface area contributed by atoms with Gasteiger partial charge in [-0.05, 0) is 34.8 Å². The Morgan fingerprint density at radius 3 is 1.75 bits per heavy atom. The van der Waals surface area contributed by atoms with E-state index < -0.39 is 6.10 Å². The molecule has 4 rings (SSSR count). The fourth-order valence-electron chi connectivity index (χ4n) is 3.86. The van der Waals surface area contributed by atoms with Gasteiger partial charge >= 0.3 is 0 Å². The van der Waals surface area contributed by atoms with E-state index in [1.165, 1.54) is 16.7 Å². The number of benzene rings is 3. The molecular formula is C23H20O. The van der Waals surface area contributed by atoms with E-state index in [-0.39, 0.29) is 5.41 Å². The number of hydrogen-bond acceptors (Lipinski definition) is 1. The molecule has 1 atom stereocenters. The summed E-state index contributed by atoms with van der Waals surface area (Å²) in [5, 5.41) is 10.4. The summed E-state index contributed by atoms with van der Waals surface area (Å²) in [5.74, 6) is 0. The summed E-state index contributed by atoms with van der Waals surface area (Å²) in [4.78, 5) is 0. The molecule has 0 saturated heterocycles. The highest BCUT2D eigenvalue weighted by atomic mass is 16.3. The van der Waals surface area contributed by atoms with Crippen molar-refractivity contribution in [2.45, 2.75) is 18.4 Å². The van der Waals surface area contributed by atoms with Gasteiger partial charge in [-0.3, -0.25) is 0 Å². The van der Waals surface area contributed by atoms with E-state index in [1.807, 2.05) is 25.1 Å². The molecule has 1 aliphatic carbocycles. The van der Waals surface area contributed by atoms with E-state index in [4.69, 9.17) is 0 Å². The van der Waals surface area contributed by atoms with E-state index >= 15 is 0 Å². The molecule has 3 aromatic carbocycles. The molecule has 0 spiro atoms. The van der Waals surface area contributed by atoms with Crippen LogP contribution in [0.5, 0.6) is 0 Å². The zero-order chi connectivity index (χ0) is 16.6. The number of aliphatic hydroxyl groups excluding tert-OH is 1. The number of fused-ring (bicyclic) bond motifs is 1. The molecular weight excluding hydrogens is 292 g/mol. The van der Waals surface area contributed by atoms with Crippen molar-refractivity contribution >= 4 is 5.57 Å². The molecule has 118 valence electrons. The first kappa shape index (κ1) is 14.9. The molecule has 0 aromatic heterocycles. The molecule has 1 N–H and O–H groups in total. The molecule has 0 saturated carbocycles. The average Bonchev–Trinajstić information content (AvgIpc) is 3.00. The Morgan fingerprint density at radius 2 is 1.21 bits per heavy atom. The molecule has 0 heterocycles. The van der Waals surface area contributed by atoms with Gasteiger partial charge in [0.2, 0.25) is 0 Å². The Labute approximate surface area is 142 Å². The Morgan fingerprint density at radius 1 is 0.708 bits per heavy atom. The number of aliphatic hydroxyl groups is 1. The Hall–Kier alpha value is -2.64. The van der Waals surface area contributed by atoms with Gasteiger partial charge in [0.25, 0.3) is 0 Å². The van der Waals surface area contributed by atoms with Crippen LogP contribution in [-0.2, 0) is 5.41 Å². The first-order valence-corrected chi connectivity index (χ1v) is 8.35. The van der Waals surface area contributed by atoms with Gasteiger partial charge in [-0.15, -0.1) is 0 Å².